The molecule has 1 amide bonds. The normalized spacial score (nSPS) is 11.6. The molecule has 0 fully saturated rings. The highest BCUT2D eigenvalue weighted by atomic mass is 32.2. The Kier molecular flexibility index (Phi) is 5.83. The lowest BCUT2D eigenvalue weighted by molar-refractivity contribution is -0.115. The van der Waals surface area contributed by atoms with E-state index in [9.17, 15) is 9.59 Å². The van der Waals surface area contributed by atoms with Gasteiger partial charge in [-0.15, -0.1) is 0 Å². The Morgan fingerprint density at radius 3 is 2.41 bits per heavy atom. The van der Waals surface area contributed by atoms with E-state index in [-0.39, 0.29) is 16.7 Å². The summed E-state index contributed by atoms with van der Waals surface area (Å²) in [6.45, 7) is 1.79. The summed E-state index contributed by atoms with van der Waals surface area (Å²) in [6, 6.07) is 17.6. The van der Waals surface area contributed by atoms with E-state index in [0.29, 0.717) is 10.7 Å². The Hall–Kier alpha value is -3.19. The molecule has 7 heteroatoms. The van der Waals surface area contributed by atoms with Gasteiger partial charge in [0.15, 0.2) is 0 Å². The number of nitrogens with zero attached hydrogens (tertiary/aromatic N) is 2. The van der Waals surface area contributed by atoms with Crippen LogP contribution in [0.15, 0.2) is 72.0 Å². The molecular formula is C20H17N3O3S. The van der Waals surface area contributed by atoms with Gasteiger partial charge in [0, 0.05) is 11.3 Å². The van der Waals surface area contributed by atoms with Gasteiger partial charge in [0.2, 0.25) is 5.91 Å². The van der Waals surface area contributed by atoms with Crippen LogP contribution in [-0.4, -0.2) is 32.2 Å². The lowest BCUT2D eigenvalue weighted by Crippen LogP contribution is -2.22. The first-order chi connectivity index (χ1) is 13.0. The van der Waals surface area contributed by atoms with Crippen LogP contribution < -0.4 is 5.32 Å². The second-order valence-corrected chi connectivity index (χ2v) is 7.10. The van der Waals surface area contributed by atoms with Crippen molar-refractivity contribution in [3.05, 3.63) is 72.6 Å². The lowest BCUT2D eigenvalue weighted by atomic mass is 10.1. The fourth-order valence-electron chi connectivity index (χ4n) is 2.35. The average molecular weight is 379 g/mol. The van der Waals surface area contributed by atoms with Gasteiger partial charge in [-0.3, -0.25) is 4.79 Å². The van der Waals surface area contributed by atoms with E-state index in [1.807, 2.05) is 36.4 Å². The van der Waals surface area contributed by atoms with E-state index in [4.69, 9.17) is 5.11 Å². The molecule has 136 valence electrons. The van der Waals surface area contributed by atoms with Crippen LogP contribution in [-0.2, 0) is 4.79 Å². The van der Waals surface area contributed by atoms with Crippen LogP contribution in [0, 0.1) is 0 Å². The first-order valence-electron chi connectivity index (χ1n) is 8.21. The molecule has 0 aliphatic carbocycles. The summed E-state index contributed by atoms with van der Waals surface area (Å²) in [6.07, 6.45) is 1.49. The van der Waals surface area contributed by atoms with Gasteiger partial charge in [0.1, 0.15) is 11.4 Å². The van der Waals surface area contributed by atoms with Gasteiger partial charge in [-0.2, -0.15) is 0 Å². The minimum absolute atomic E-state index is 0.171. The third kappa shape index (κ3) is 4.92. The summed E-state index contributed by atoms with van der Waals surface area (Å²) in [5.41, 5.74) is 2.50. The highest BCUT2D eigenvalue weighted by molar-refractivity contribution is 8.00. The van der Waals surface area contributed by atoms with Crippen LogP contribution in [0.1, 0.15) is 17.3 Å². The number of carbonyl (C=O) groups excluding carboxylic acids is 1. The predicted octanol–water partition coefficient (Wildman–Crippen LogP) is 3.96. The maximum atomic E-state index is 12.4. The number of amides is 1. The van der Waals surface area contributed by atoms with E-state index in [0.717, 1.165) is 11.3 Å². The van der Waals surface area contributed by atoms with E-state index in [1.165, 1.54) is 30.2 Å². The zero-order chi connectivity index (χ0) is 19.2. The molecule has 6 nitrogen and oxygen atoms in total. The molecule has 2 aromatic carbocycles. The van der Waals surface area contributed by atoms with Gasteiger partial charge in [-0.1, -0.05) is 42.1 Å². The summed E-state index contributed by atoms with van der Waals surface area (Å²) in [5, 5.41) is 12.0. The molecule has 3 aromatic rings. The van der Waals surface area contributed by atoms with Gasteiger partial charge < -0.3 is 10.4 Å². The molecule has 3 rings (SSSR count). The van der Waals surface area contributed by atoms with E-state index in [2.05, 4.69) is 15.3 Å². The number of carboxylic acid groups (broad SMARTS) is 1. The number of carboxylic acids is 1. The summed E-state index contributed by atoms with van der Waals surface area (Å²) < 4.78 is 0. The standard InChI is InChI=1S/C20H17N3O3S/c1-13(19(24)23-16-9-7-15(8-10-16)20(25)26)27-18-11-17(21-12-22-18)14-5-3-2-4-6-14/h2-13H,1H3,(H,23,24)(H,25,26)/t13-/m1/s1. The van der Waals surface area contributed by atoms with Crippen LogP contribution >= 0.6 is 11.8 Å². The Balaban J connectivity index is 1.65. The fourth-order valence-corrected chi connectivity index (χ4v) is 3.16. The molecule has 0 spiro atoms. The first-order valence-corrected chi connectivity index (χ1v) is 9.09. The van der Waals surface area contributed by atoms with Crippen LogP contribution in [0.2, 0.25) is 0 Å². The second-order valence-electron chi connectivity index (χ2n) is 5.74. The number of aromatic carboxylic acids is 1. The molecule has 0 radical (unpaired) electrons. The van der Waals surface area contributed by atoms with Crippen molar-refractivity contribution >= 4 is 29.3 Å². The topological polar surface area (TPSA) is 92.2 Å². The van der Waals surface area contributed by atoms with Gasteiger partial charge >= 0.3 is 5.97 Å². The molecule has 1 atom stereocenters. The van der Waals surface area contributed by atoms with E-state index in [1.54, 1.807) is 19.1 Å². The van der Waals surface area contributed by atoms with Crippen molar-refractivity contribution in [2.24, 2.45) is 0 Å². The number of hydrogen-bond donors (Lipinski definition) is 2. The molecule has 0 saturated carbocycles. The predicted molar refractivity (Wildman–Crippen MR) is 105 cm³/mol. The number of benzene rings is 2. The van der Waals surface area contributed by atoms with Crippen molar-refractivity contribution in [3.63, 3.8) is 0 Å². The second kappa shape index (κ2) is 8.46. The molecule has 1 heterocycles. The third-order valence-electron chi connectivity index (χ3n) is 3.78. The zero-order valence-corrected chi connectivity index (χ0v) is 15.3. The molecular weight excluding hydrogens is 362 g/mol. The van der Waals surface area contributed by atoms with Crippen LogP contribution in [0.4, 0.5) is 5.69 Å². The van der Waals surface area contributed by atoms with Crippen molar-refractivity contribution in [2.45, 2.75) is 17.2 Å². The SMILES string of the molecule is C[C@@H](Sc1cc(-c2ccccc2)ncn1)C(=O)Nc1ccc(C(=O)O)cc1. The Morgan fingerprint density at radius 1 is 1.04 bits per heavy atom. The smallest absolute Gasteiger partial charge is 0.335 e. The number of carbonyl (C=O) groups is 2. The highest BCUT2D eigenvalue weighted by Crippen LogP contribution is 2.25. The Labute approximate surface area is 160 Å². The van der Waals surface area contributed by atoms with Crippen LogP contribution in [0.25, 0.3) is 11.3 Å². The fraction of sp³-hybridized carbons (Fsp3) is 0.100. The molecule has 27 heavy (non-hydrogen) atoms. The van der Waals surface area contributed by atoms with E-state index < -0.39 is 5.97 Å². The minimum atomic E-state index is -1.00. The third-order valence-corrected chi connectivity index (χ3v) is 4.81. The maximum absolute atomic E-state index is 12.4. The molecule has 0 bridgehead atoms. The average Bonchev–Trinajstić information content (AvgIpc) is 2.69. The molecule has 0 aliphatic heterocycles. The number of rotatable bonds is 6. The van der Waals surface area contributed by atoms with Gasteiger partial charge in [0.05, 0.1) is 16.5 Å². The number of aromatic nitrogens is 2. The van der Waals surface area contributed by atoms with Crippen molar-refractivity contribution < 1.29 is 14.7 Å². The molecule has 0 unspecified atom stereocenters. The molecule has 1 aromatic heterocycles. The number of nitrogens with one attached hydrogen (secondary N) is 1. The summed E-state index contributed by atoms with van der Waals surface area (Å²) in [7, 11) is 0. The maximum Gasteiger partial charge on any atom is 0.335 e. The highest BCUT2D eigenvalue weighted by Gasteiger charge is 2.16. The van der Waals surface area contributed by atoms with Crippen LogP contribution in [0.3, 0.4) is 0 Å². The number of thioether (sulfide) groups is 1. The Morgan fingerprint density at radius 2 is 1.74 bits per heavy atom. The van der Waals surface area contributed by atoms with Gasteiger partial charge in [-0.05, 0) is 37.3 Å². The van der Waals surface area contributed by atoms with Crippen molar-refractivity contribution in [1.29, 1.82) is 0 Å². The largest absolute Gasteiger partial charge is 0.478 e. The van der Waals surface area contributed by atoms with Gasteiger partial charge in [-0.25, -0.2) is 14.8 Å². The Bertz CT molecular complexity index is 946. The minimum Gasteiger partial charge on any atom is -0.478 e. The molecule has 0 aliphatic rings. The lowest BCUT2D eigenvalue weighted by Gasteiger charge is -2.12. The number of hydrogen-bond acceptors (Lipinski definition) is 5. The number of anilines is 1. The molecule has 2 N–H and O–H groups in total. The van der Waals surface area contributed by atoms with Crippen molar-refractivity contribution in [2.75, 3.05) is 5.32 Å². The summed E-state index contributed by atoms with van der Waals surface area (Å²) in [5.74, 6) is -1.20. The van der Waals surface area contributed by atoms with E-state index >= 15 is 0 Å². The monoisotopic (exact) mass is 379 g/mol. The van der Waals surface area contributed by atoms with Gasteiger partial charge in [0.25, 0.3) is 0 Å². The van der Waals surface area contributed by atoms with Crippen LogP contribution in [0.5, 0.6) is 0 Å². The first kappa shape index (κ1) is 18.6. The van der Waals surface area contributed by atoms with Crippen molar-refractivity contribution in [3.8, 4) is 11.3 Å². The summed E-state index contributed by atoms with van der Waals surface area (Å²) >= 11 is 1.33. The van der Waals surface area contributed by atoms with Crippen molar-refractivity contribution in [1.82, 2.24) is 9.97 Å². The summed E-state index contributed by atoms with van der Waals surface area (Å²) in [4.78, 5) is 31.8. The quantitative estimate of drug-likeness (QED) is 0.497. The molecule has 0 saturated heterocycles. The zero-order valence-electron chi connectivity index (χ0n) is 14.5.